The van der Waals surface area contributed by atoms with E-state index in [0.29, 0.717) is 86.3 Å². The number of ether oxygens (including phenoxy) is 2. The van der Waals surface area contributed by atoms with Gasteiger partial charge in [0.1, 0.15) is 0 Å². The van der Waals surface area contributed by atoms with Crippen molar-refractivity contribution in [3.8, 4) is 0 Å². The van der Waals surface area contributed by atoms with Gasteiger partial charge in [-0.15, -0.1) is 24.8 Å². The van der Waals surface area contributed by atoms with Crippen molar-refractivity contribution in [3.63, 3.8) is 0 Å². The number of fused-ring (bicyclic) bond motifs is 9. The van der Waals surface area contributed by atoms with Gasteiger partial charge in [-0.1, -0.05) is 144 Å². The van der Waals surface area contributed by atoms with Gasteiger partial charge in [-0.3, -0.25) is 43.5 Å². The van der Waals surface area contributed by atoms with Crippen LogP contribution in [-0.4, -0.2) is 180 Å². The van der Waals surface area contributed by atoms with Gasteiger partial charge in [0.25, 0.3) is 16.7 Å². The standard InChI is InChI=1S/C30H42N4O3.C29H40N4O3.C23H30ClN3O.C7H13NO2.2ClH.Na.H2O/c1-37-28(35)17-21-15-16-32(20-21)29-30(36)34(27-12-8-7-11-26(27)31-29)25-18-23-13-14-24(19-25)33(23)22-9-5-3-2-4-6-10-22;34-27(35)16-20-14-15-31(19-20)28-29(36)33(26-11-7-6-10-25(26)30-28)24-17-22-12-13-23(18-24)32(22)21-8-4-2-1-3-5-9-21;24-22-23(28)27(21-11-7-6-10-20(21)25-22)19-14-17-12-13-18(15-19)26(17)16-8-4-2-1-3-5-9-16;1-10-7(9)4-6-2-3-8-5-6;;;;/h7-8,11-12,21-25H,2-6,9-10,13-20H2,1H3;6-7,10-11,20-24H,1-5,8-9,12-19H2,(H,34,35);6-7,10-11,16-19H,1-5,8-9,12-15H2;6,8H,2-5H2,1H3;2*1H;;1H2/q;;;;;;+1;/p-1/t21?,23-,24+,25?;20?,22-,23+,24?;17-,18+,19?;;;;;. The number of hydrogen-bond donors (Lipinski definition) is 2. The molecule has 3 saturated carbocycles. The third-order valence-corrected chi connectivity index (χ3v) is 28.6. The number of nitrogens with zero attached hydrogens (tertiary/aromatic N) is 11. The van der Waals surface area contributed by atoms with E-state index in [2.05, 4.69) is 49.8 Å². The van der Waals surface area contributed by atoms with Crippen molar-refractivity contribution in [1.29, 1.82) is 0 Å². The van der Waals surface area contributed by atoms with E-state index in [1.54, 1.807) is 0 Å². The van der Waals surface area contributed by atoms with Crippen molar-refractivity contribution in [1.82, 2.24) is 48.7 Å². The molecule has 626 valence electrons. The van der Waals surface area contributed by atoms with Gasteiger partial charge in [0, 0.05) is 112 Å². The van der Waals surface area contributed by atoms with Gasteiger partial charge in [-0.25, -0.2) is 15.0 Å². The zero-order chi connectivity index (χ0) is 76.5. The van der Waals surface area contributed by atoms with Crippen LogP contribution in [0.25, 0.3) is 33.1 Å². The predicted octanol–water partition coefficient (Wildman–Crippen LogP) is 13.2. The number of carboxylic acid groups (broad SMARTS) is 1. The molecular weight excluding hydrogens is 1530 g/mol. The van der Waals surface area contributed by atoms with Crippen molar-refractivity contribution in [3.05, 3.63) is 109 Å². The molecule has 18 rings (SSSR count). The number of methoxy groups -OCH3 is 2. The first-order valence-corrected chi connectivity index (χ1v) is 44.2. The first kappa shape index (κ1) is 90.5. The smallest absolute Gasteiger partial charge is 0.870 e. The Morgan fingerprint density at radius 1 is 0.409 bits per heavy atom. The molecule has 0 radical (unpaired) electrons. The Balaban J connectivity index is 0.000000158. The van der Waals surface area contributed by atoms with Crippen molar-refractivity contribution >= 4 is 99.1 Å². The molecule has 3 aliphatic carbocycles. The van der Waals surface area contributed by atoms with Crippen LogP contribution in [0.15, 0.2) is 87.2 Å². The predicted molar refractivity (Wildman–Crippen MR) is 456 cm³/mol. The number of carbonyl (C=O) groups excluding carboxylic acids is 2. The maximum absolute atomic E-state index is 14.1. The summed E-state index contributed by atoms with van der Waals surface area (Å²) >= 11 is 6.23. The van der Waals surface area contributed by atoms with Crippen molar-refractivity contribution < 1.29 is 64.0 Å². The van der Waals surface area contributed by atoms with Crippen LogP contribution in [0, 0.1) is 17.8 Å². The molecule has 6 bridgehead atoms. The molecule has 12 aliphatic rings. The molecule has 22 nitrogen and oxygen atoms in total. The van der Waals surface area contributed by atoms with E-state index in [-0.39, 0.29) is 130 Å². The minimum Gasteiger partial charge on any atom is -0.870 e. The molecule has 3 N–H and O–H groups in total. The van der Waals surface area contributed by atoms with Gasteiger partial charge in [0.05, 0.1) is 53.7 Å². The molecule has 9 saturated heterocycles. The largest absolute Gasteiger partial charge is 1.00 e. The summed E-state index contributed by atoms with van der Waals surface area (Å²) in [5.41, 5.74) is 5.34. The fourth-order valence-corrected chi connectivity index (χ4v) is 23.4. The number of halogens is 3. The number of esters is 2. The summed E-state index contributed by atoms with van der Waals surface area (Å²) in [7, 11) is 2.87. The second-order valence-corrected chi connectivity index (χ2v) is 35.7. The van der Waals surface area contributed by atoms with Crippen LogP contribution < -0.4 is 61.4 Å². The van der Waals surface area contributed by atoms with Crippen LogP contribution in [-0.2, 0) is 23.9 Å². The molecular formula is C89H128Cl3N12NaO10. The first-order valence-electron chi connectivity index (χ1n) is 43.8. The van der Waals surface area contributed by atoms with Crippen molar-refractivity contribution in [2.45, 2.75) is 323 Å². The van der Waals surface area contributed by atoms with Gasteiger partial charge in [-0.2, -0.15) is 0 Å². The monoisotopic (exact) mass is 1650 g/mol. The Morgan fingerprint density at radius 3 is 1.05 bits per heavy atom. The molecule has 26 heteroatoms. The van der Waals surface area contributed by atoms with Gasteiger partial charge < -0.3 is 48.9 Å². The normalized spacial score (nSPS) is 28.2. The van der Waals surface area contributed by atoms with Crippen molar-refractivity contribution in [2.24, 2.45) is 17.8 Å². The van der Waals surface area contributed by atoms with E-state index in [1.807, 2.05) is 76.2 Å². The number of anilines is 2. The number of piperidine rings is 3. The van der Waals surface area contributed by atoms with Crippen LogP contribution in [0.2, 0.25) is 5.15 Å². The number of nitrogens with one attached hydrogen (secondary N) is 1. The number of aromatic nitrogens is 6. The molecule has 0 amide bonds. The summed E-state index contributed by atoms with van der Waals surface area (Å²) in [6, 6.07) is 30.6. The maximum atomic E-state index is 14.1. The molecule has 3 aromatic carbocycles. The number of carboxylic acids is 1. The Morgan fingerprint density at radius 2 is 0.722 bits per heavy atom. The van der Waals surface area contributed by atoms with Gasteiger partial charge in [0.15, 0.2) is 16.8 Å². The number of hydrogen-bond acceptors (Lipinski definition) is 18. The average molecular weight is 1660 g/mol. The minimum atomic E-state index is -0.766. The second-order valence-electron chi connectivity index (χ2n) is 35.4. The number of benzene rings is 3. The van der Waals surface area contributed by atoms with E-state index < -0.39 is 5.97 Å². The zero-order valence-corrected chi connectivity index (χ0v) is 73.1. The summed E-state index contributed by atoms with van der Waals surface area (Å²) in [5.74, 6) is 0.820. The quantitative estimate of drug-likeness (QED) is 0.0759. The van der Waals surface area contributed by atoms with Crippen LogP contribution in [0.1, 0.15) is 269 Å². The number of rotatable bonds is 14. The summed E-state index contributed by atoms with van der Waals surface area (Å²) in [6.07, 6.45) is 46.8. The fraction of sp³-hybridized carbons (Fsp3) is 0.697. The molecule has 12 atom stereocenters. The van der Waals surface area contributed by atoms with Gasteiger partial charge in [0.2, 0.25) is 0 Å². The molecule has 3 aromatic heterocycles. The Kier molecular flexibility index (Phi) is 33.7. The number of aliphatic carboxylic acids is 1. The van der Waals surface area contributed by atoms with Crippen LogP contribution in [0.5, 0.6) is 0 Å². The van der Waals surface area contributed by atoms with Crippen LogP contribution in [0.3, 0.4) is 0 Å². The molecule has 9 aliphatic heterocycles. The van der Waals surface area contributed by atoms with Crippen molar-refractivity contribution in [2.75, 3.05) is 63.3 Å². The average Bonchev–Trinajstić information content (AvgIpc) is 1.34. The third kappa shape index (κ3) is 21.2. The van der Waals surface area contributed by atoms with Crippen LogP contribution >= 0.6 is 36.4 Å². The van der Waals surface area contributed by atoms with E-state index >= 15 is 0 Å². The summed E-state index contributed by atoms with van der Waals surface area (Å²) < 4.78 is 15.6. The van der Waals surface area contributed by atoms with Gasteiger partial charge in [-0.05, 0) is 202 Å². The Labute approximate surface area is 719 Å². The Hall–Kier alpha value is -5.24. The van der Waals surface area contributed by atoms with Crippen LogP contribution in [0.4, 0.5) is 11.6 Å². The fourth-order valence-electron chi connectivity index (χ4n) is 23.2. The molecule has 12 heterocycles. The SMILES string of the molecule is COC(=O)CC1CCN(c2nc3ccccc3n(C3C[C@H]4CC[C@@H](C3)N4C3CCCCCCC3)c2=O)C1.COC(=O)CC1CCNC1.Cl.Cl.O=C(O)CC1CCN(c2nc3ccccc3n(C3C[C@H]4CC[C@@H](C3)N4C3CCCCCCC3)c2=O)C1.O=c1c(Cl)nc2ccccc2n1C1C[C@H]2CC[C@@H](C1)N2C1CCCCCCC1.[Na+].[OH-]. The van der Waals surface area contributed by atoms with E-state index in [1.165, 1.54) is 188 Å². The minimum absolute atomic E-state index is 0. The third-order valence-electron chi connectivity index (χ3n) is 28.4. The summed E-state index contributed by atoms with van der Waals surface area (Å²) in [4.78, 5) is 102. The first-order chi connectivity index (χ1) is 54.2. The molecule has 12 fully saturated rings. The molecule has 6 unspecified atom stereocenters. The maximum Gasteiger partial charge on any atom is 1.00 e. The number of para-hydroxylation sites is 6. The topological polar surface area (TPSA) is 253 Å². The second kappa shape index (κ2) is 42.8. The van der Waals surface area contributed by atoms with E-state index in [0.717, 1.165) is 129 Å². The molecule has 6 aromatic rings. The molecule has 115 heavy (non-hydrogen) atoms. The zero-order valence-electron chi connectivity index (χ0n) is 68.7. The summed E-state index contributed by atoms with van der Waals surface area (Å²) in [6.45, 7) is 4.74. The number of carbonyl (C=O) groups is 3. The van der Waals surface area contributed by atoms with Gasteiger partial charge >= 0.3 is 47.5 Å². The van der Waals surface area contributed by atoms with E-state index in [9.17, 15) is 33.9 Å². The van der Waals surface area contributed by atoms with E-state index in [4.69, 9.17) is 26.3 Å². The Bertz CT molecular complexity index is 4310. The molecule has 0 spiro atoms. The summed E-state index contributed by atoms with van der Waals surface area (Å²) in [5, 5.41) is 12.5.